The smallest absolute Gasteiger partial charge is 0.407 e. The summed E-state index contributed by atoms with van der Waals surface area (Å²) in [6, 6.07) is 11.3. The Morgan fingerprint density at radius 1 is 0.938 bits per heavy atom. The third kappa shape index (κ3) is 9.31. The van der Waals surface area contributed by atoms with Gasteiger partial charge in [0, 0.05) is 42.0 Å². The first-order chi connectivity index (χ1) is 30.8. The summed E-state index contributed by atoms with van der Waals surface area (Å²) in [5.74, 6) is 1.25. The SMILES string of the molecule is CCCN(C(=O)C(CC)NC(=O)OC)C(CC)c1ncc(-c2ccc(-c3ccc(C(=N)C=NCC4C5CCC(C5)N4C(=O)C(NC(=O)OC)C(C)C)cc3)c3c2C2CC(C)CC3N2)[nH]1. The van der Waals surface area contributed by atoms with Gasteiger partial charge >= 0.3 is 12.2 Å². The molecular weight excluding hydrogens is 811 g/mol. The maximum absolute atomic E-state index is 13.9. The molecule has 7 rings (SSSR count). The first-order valence-corrected chi connectivity index (χ1v) is 23.3. The zero-order valence-corrected chi connectivity index (χ0v) is 38.7. The van der Waals surface area contributed by atoms with Gasteiger partial charge in [0.25, 0.3) is 0 Å². The van der Waals surface area contributed by atoms with Crippen molar-refractivity contribution in [1.29, 1.82) is 5.41 Å². The van der Waals surface area contributed by atoms with Crippen molar-refractivity contribution in [2.24, 2.45) is 22.7 Å². The molecule has 9 unspecified atom stereocenters. The minimum atomic E-state index is -0.706. The van der Waals surface area contributed by atoms with Crippen LogP contribution in [0.3, 0.4) is 0 Å². The number of aliphatic imine (C=N–C) groups is 1. The maximum Gasteiger partial charge on any atom is 0.407 e. The van der Waals surface area contributed by atoms with Gasteiger partial charge in [-0.3, -0.25) is 20.0 Å². The number of benzene rings is 2. The van der Waals surface area contributed by atoms with Crippen LogP contribution in [0, 0.1) is 23.2 Å². The lowest BCUT2D eigenvalue weighted by molar-refractivity contribution is -0.138. The van der Waals surface area contributed by atoms with Gasteiger partial charge in [0.05, 0.1) is 50.5 Å². The van der Waals surface area contributed by atoms with Crippen molar-refractivity contribution in [2.75, 3.05) is 27.3 Å². The van der Waals surface area contributed by atoms with Crippen LogP contribution in [-0.2, 0) is 19.1 Å². The standard InChI is InChI=1S/C49H67N9O6/c1-9-20-57(46(59)36(10-2)55-48(61)63-7)40(11-3)45-52-25-39(54-45)34-19-18-33(42-37-21-28(6)22-38(53-37)43(34)42)29-12-14-30(15-13-29)35(50)24-51-26-41-31-16-17-32(23-31)58(41)47(60)44(27(4)5)56-49(62)64-8/h12-15,18-19,24-25,27-28,31-32,36-38,40-41,44,50,53H,9-11,16-17,20-23,26H2,1-8H3,(H,52,54)(H,55,61)(H,56,62). The normalized spacial score (nSPS) is 23.4. The van der Waals surface area contributed by atoms with Crippen molar-refractivity contribution >= 4 is 35.9 Å². The molecule has 3 fully saturated rings. The summed E-state index contributed by atoms with van der Waals surface area (Å²) < 4.78 is 9.62. The lowest BCUT2D eigenvalue weighted by Gasteiger charge is -2.37. The Kier molecular flexibility index (Phi) is 14.6. The van der Waals surface area contributed by atoms with Crippen LogP contribution < -0.4 is 16.0 Å². The van der Waals surface area contributed by atoms with Crippen molar-refractivity contribution < 1.29 is 28.7 Å². The number of H-pyrrole nitrogens is 1. The topological polar surface area (TPSA) is 194 Å². The largest absolute Gasteiger partial charge is 0.453 e. The first-order valence-electron chi connectivity index (χ1n) is 23.3. The fraction of sp³-hybridized carbons (Fsp3) is 0.571. The fourth-order valence-corrected chi connectivity index (χ4v) is 10.8. The van der Waals surface area contributed by atoms with Gasteiger partial charge in [0.2, 0.25) is 11.8 Å². The van der Waals surface area contributed by atoms with E-state index in [9.17, 15) is 19.2 Å². The molecule has 0 spiro atoms. The van der Waals surface area contributed by atoms with E-state index in [1.807, 2.05) is 62.7 Å². The molecular formula is C49H67N9O6. The molecule has 4 amide bonds. The number of carbonyl (C=O) groups excluding carboxylic acids is 4. The highest BCUT2D eigenvalue weighted by Gasteiger charge is 2.49. The Morgan fingerprint density at radius 2 is 1.61 bits per heavy atom. The molecule has 1 aromatic heterocycles. The number of rotatable bonds is 17. The zero-order chi connectivity index (χ0) is 45.8. The monoisotopic (exact) mass is 878 g/mol. The maximum atomic E-state index is 13.9. The van der Waals surface area contributed by atoms with Crippen LogP contribution in [0.15, 0.2) is 47.6 Å². The number of ether oxygens (including phenoxy) is 2. The molecule has 3 aromatic rings. The van der Waals surface area contributed by atoms with Crippen molar-refractivity contribution in [3.63, 3.8) is 0 Å². The van der Waals surface area contributed by atoms with Gasteiger partial charge in [0.15, 0.2) is 0 Å². The summed E-state index contributed by atoms with van der Waals surface area (Å²) in [6.45, 7) is 13.0. The number of nitrogens with one attached hydrogen (secondary N) is 5. The summed E-state index contributed by atoms with van der Waals surface area (Å²) in [7, 11) is 2.60. The average molecular weight is 878 g/mol. The number of alkyl carbamates (subject to hydrolysis) is 2. The number of likely N-dealkylation sites (tertiary alicyclic amines) is 1. The highest BCUT2D eigenvalue weighted by Crippen LogP contribution is 2.52. The van der Waals surface area contributed by atoms with E-state index in [0.717, 1.165) is 66.5 Å². The molecule has 64 heavy (non-hydrogen) atoms. The van der Waals surface area contributed by atoms with Crippen LogP contribution in [0.1, 0.15) is 134 Å². The number of carbonyl (C=O) groups is 4. The Labute approximate surface area is 377 Å². The molecule has 15 nitrogen and oxygen atoms in total. The van der Waals surface area contributed by atoms with Gasteiger partial charge in [-0.1, -0.05) is 77.9 Å². The lowest BCUT2D eigenvalue weighted by Crippen LogP contribution is -2.56. The van der Waals surface area contributed by atoms with E-state index in [4.69, 9.17) is 24.9 Å². The molecule has 4 bridgehead atoms. The predicted octanol–water partition coefficient (Wildman–Crippen LogP) is 7.88. The van der Waals surface area contributed by atoms with Crippen LogP contribution in [0.4, 0.5) is 9.59 Å². The molecule has 2 aromatic carbocycles. The van der Waals surface area contributed by atoms with E-state index in [1.54, 1.807) is 6.21 Å². The van der Waals surface area contributed by atoms with E-state index in [-0.39, 0.29) is 47.9 Å². The van der Waals surface area contributed by atoms with Gasteiger partial charge in [0.1, 0.15) is 17.9 Å². The summed E-state index contributed by atoms with van der Waals surface area (Å²) in [5.41, 5.74) is 7.88. The van der Waals surface area contributed by atoms with Crippen molar-refractivity contribution in [3.05, 3.63) is 65.1 Å². The van der Waals surface area contributed by atoms with E-state index in [1.165, 1.54) is 25.3 Å². The minimum Gasteiger partial charge on any atom is -0.453 e. The number of amides is 4. The summed E-state index contributed by atoms with van der Waals surface area (Å²) in [4.78, 5) is 68.9. The molecule has 4 aliphatic rings. The second-order valence-corrected chi connectivity index (χ2v) is 18.5. The highest BCUT2D eigenvalue weighted by molar-refractivity contribution is 6.36. The lowest BCUT2D eigenvalue weighted by atomic mass is 9.88. The summed E-state index contributed by atoms with van der Waals surface area (Å²) >= 11 is 0. The molecule has 0 radical (unpaired) electrons. The Balaban J connectivity index is 1.10. The number of aromatic amines is 1. The molecule has 2 saturated heterocycles. The number of imidazole rings is 1. The number of aromatic nitrogens is 2. The number of methoxy groups -OCH3 is 2. The highest BCUT2D eigenvalue weighted by atomic mass is 16.5. The van der Waals surface area contributed by atoms with Gasteiger partial charge in [-0.15, -0.1) is 0 Å². The number of piperidine rings is 2. The minimum absolute atomic E-state index is 0.0732. The fourth-order valence-electron chi connectivity index (χ4n) is 10.8. The third-order valence-electron chi connectivity index (χ3n) is 14.0. The first kappa shape index (κ1) is 46.4. The van der Waals surface area contributed by atoms with Gasteiger partial charge in [-0.25, -0.2) is 14.6 Å². The quantitative estimate of drug-likeness (QED) is 0.0845. The number of nitrogens with zero attached hydrogens (tertiary/aromatic N) is 4. The Morgan fingerprint density at radius 3 is 2.25 bits per heavy atom. The predicted molar refractivity (Wildman–Crippen MR) is 247 cm³/mol. The Bertz CT molecular complexity index is 2220. The van der Waals surface area contributed by atoms with E-state index >= 15 is 0 Å². The average Bonchev–Trinajstić information content (AvgIpc) is 4.10. The molecule has 5 N–H and O–H groups in total. The van der Waals surface area contributed by atoms with Gasteiger partial charge in [-0.05, 0) is 91.4 Å². The van der Waals surface area contributed by atoms with Gasteiger partial charge in [-0.2, -0.15) is 0 Å². The summed E-state index contributed by atoms with van der Waals surface area (Å²) in [6.07, 6.45) is 9.08. The van der Waals surface area contributed by atoms with Crippen LogP contribution in [0.25, 0.3) is 22.4 Å². The Hall–Kier alpha value is -5.57. The summed E-state index contributed by atoms with van der Waals surface area (Å²) in [5, 5.41) is 18.3. The molecule has 1 saturated carbocycles. The molecule has 15 heteroatoms. The van der Waals surface area contributed by atoms with Gasteiger partial charge < -0.3 is 40.2 Å². The number of hydrogen-bond donors (Lipinski definition) is 5. The second kappa shape index (κ2) is 20.1. The molecule has 4 heterocycles. The molecule has 9 atom stereocenters. The van der Waals surface area contributed by atoms with Crippen LogP contribution >= 0.6 is 0 Å². The van der Waals surface area contributed by atoms with Crippen LogP contribution in [-0.4, -0.2) is 107 Å². The van der Waals surface area contributed by atoms with Crippen LogP contribution in [0.2, 0.25) is 0 Å². The van der Waals surface area contributed by atoms with E-state index in [0.29, 0.717) is 49.3 Å². The van der Waals surface area contributed by atoms with Crippen molar-refractivity contribution in [1.82, 2.24) is 35.7 Å². The van der Waals surface area contributed by atoms with Crippen LogP contribution in [0.5, 0.6) is 0 Å². The molecule has 1 aliphatic carbocycles. The number of fused-ring (bicyclic) bond motifs is 7. The second-order valence-electron chi connectivity index (χ2n) is 18.5. The zero-order valence-electron chi connectivity index (χ0n) is 38.7. The van der Waals surface area contributed by atoms with E-state index in [2.05, 4.69) is 52.1 Å². The molecule has 344 valence electrons. The van der Waals surface area contributed by atoms with E-state index < -0.39 is 24.3 Å². The van der Waals surface area contributed by atoms with Crippen molar-refractivity contribution in [3.8, 4) is 22.4 Å². The number of hydrogen-bond acceptors (Lipinski definition) is 10. The third-order valence-corrected chi connectivity index (χ3v) is 14.0. The molecule has 3 aliphatic heterocycles. The van der Waals surface area contributed by atoms with Crippen molar-refractivity contribution in [2.45, 2.75) is 135 Å².